The van der Waals surface area contributed by atoms with Gasteiger partial charge in [0.1, 0.15) is 0 Å². The molecule has 0 unspecified atom stereocenters. The van der Waals surface area contributed by atoms with Crippen LogP contribution in [0.25, 0.3) is 5.65 Å². The number of likely N-dealkylation sites (N-methyl/N-ethyl adjacent to an activating group) is 1. The molecule has 1 fully saturated rings. The third kappa shape index (κ3) is 2.98. The van der Waals surface area contributed by atoms with E-state index in [0.29, 0.717) is 6.54 Å². The number of nitrogens with two attached hydrogens (primary N) is 1. The topological polar surface area (TPSA) is 62.7 Å². The summed E-state index contributed by atoms with van der Waals surface area (Å²) in [5.41, 5.74) is 7.63. The Labute approximate surface area is 119 Å². The number of aromatic nitrogens is 3. The molecule has 3 heterocycles. The summed E-state index contributed by atoms with van der Waals surface area (Å²) in [5, 5.41) is 4.52. The van der Waals surface area contributed by atoms with E-state index in [1.165, 1.54) is 0 Å². The van der Waals surface area contributed by atoms with Crippen LogP contribution in [-0.2, 0) is 13.0 Å². The minimum Gasteiger partial charge on any atom is -0.326 e. The third-order valence-electron chi connectivity index (χ3n) is 3.93. The van der Waals surface area contributed by atoms with Crippen molar-refractivity contribution in [3.63, 3.8) is 0 Å². The summed E-state index contributed by atoms with van der Waals surface area (Å²) < 4.78 is 1.83. The first-order valence-corrected chi connectivity index (χ1v) is 7.20. The highest BCUT2D eigenvalue weighted by Gasteiger charge is 2.14. The van der Waals surface area contributed by atoms with Crippen LogP contribution in [0.1, 0.15) is 11.4 Å². The summed E-state index contributed by atoms with van der Waals surface area (Å²) in [7, 11) is 2.18. The minimum atomic E-state index is 0.542. The molecular formula is C14H22N6. The van der Waals surface area contributed by atoms with Crippen molar-refractivity contribution in [1.82, 2.24) is 24.4 Å². The molecule has 0 amide bonds. The van der Waals surface area contributed by atoms with Crippen molar-refractivity contribution in [2.24, 2.45) is 5.73 Å². The van der Waals surface area contributed by atoms with Gasteiger partial charge >= 0.3 is 0 Å². The Morgan fingerprint density at radius 3 is 2.80 bits per heavy atom. The van der Waals surface area contributed by atoms with Crippen LogP contribution in [0, 0.1) is 0 Å². The van der Waals surface area contributed by atoms with E-state index in [1.807, 2.05) is 22.8 Å². The lowest BCUT2D eigenvalue weighted by atomic mass is 10.3. The molecule has 1 aliphatic heterocycles. The maximum Gasteiger partial charge on any atom is 0.155 e. The standard InChI is InChI=1S/C14H22N6/c1-18-6-8-19(9-7-18)4-3-13-16-14-10-12(11-15)2-5-20(14)17-13/h2,5,10H,3-4,6-9,11,15H2,1H3. The monoisotopic (exact) mass is 274 g/mol. The van der Waals surface area contributed by atoms with Gasteiger partial charge in [-0.2, -0.15) is 5.10 Å². The van der Waals surface area contributed by atoms with E-state index in [9.17, 15) is 0 Å². The molecule has 20 heavy (non-hydrogen) atoms. The fourth-order valence-electron chi connectivity index (χ4n) is 2.53. The van der Waals surface area contributed by atoms with Crippen molar-refractivity contribution in [3.8, 4) is 0 Å². The van der Waals surface area contributed by atoms with Crippen molar-refractivity contribution in [2.75, 3.05) is 39.8 Å². The molecule has 1 aliphatic rings. The average molecular weight is 274 g/mol. The summed E-state index contributed by atoms with van der Waals surface area (Å²) in [6, 6.07) is 4.00. The smallest absolute Gasteiger partial charge is 0.155 e. The second-order valence-electron chi connectivity index (χ2n) is 5.46. The molecule has 0 spiro atoms. The number of hydrogen-bond acceptors (Lipinski definition) is 5. The molecule has 0 aromatic carbocycles. The predicted octanol–water partition coefficient (Wildman–Crippen LogP) is -0.0221. The molecule has 0 atom stereocenters. The van der Waals surface area contributed by atoms with Gasteiger partial charge in [-0.25, -0.2) is 9.50 Å². The Hall–Kier alpha value is -1.50. The highest BCUT2D eigenvalue weighted by Crippen LogP contribution is 2.07. The zero-order valence-corrected chi connectivity index (χ0v) is 12.0. The molecule has 0 saturated carbocycles. The Kier molecular flexibility index (Phi) is 3.95. The Bertz CT molecular complexity index is 570. The molecule has 2 aromatic heterocycles. The molecule has 3 rings (SSSR count). The first-order valence-electron chi connectivity index (χ1n) is 7.20. The van der Waals surface area contributed by atoms with Gasteiger partial charge < -0.3 is 15.5 Å². The van der Waals surface area contributed by atoms with Crippen molar-refractivity contribution in [3.05, 3.63) is 29.7 Å². The number of pyridine rings is 1. The summed E-state index contributed by atoms with van der Waals surface area (Å²) >= 11 is 0. The molecule has 0 aliphatic carbocycles. The van der Waals surface area contributed by atoms with E-state index in [0.717, 1.165) is 56.2 Å². The normalized spacial score (nSPS) is 17.9. The number of nitrogens with zero attached hydrogens (tertiary/aromatic N) is 5. The first-order chi connectivity index (χ1) is 9.74. The van der Waals surface area contributed by atoms with Crippen LogP contribution in [0.15, 0.2) is 18.3 Å². The van der Waals surface area contributed by atoms with Crippen LogP contribution < -0.4 is 5.73 Å². The van der Waals surface area contributed by atoms with Gasteiger partial charge in [0.05, 0.1) is 0 Å². The summed E-state index contributed by atoms with van der Waals surface area (Å²) in [6.07, 6.45) is 2.84. The summed E-state index contributed by atoms with van der Waals surface area (Å²) in [4.78, 5) is 9.43. The fraction of sp³-hybridized carbons (Fsp3) is 0.571. The van der Waals surface area contributed by atoms with Crippen LogP contribution in [0.4, 0.5) is 0 Å². The summed E-state index contributed by atoms with van der Waals surface area (Å²) in [6.45, 7) is 6.16. The van der Waals surface area contributed by atoms with E-state index in [1.54, 1.807) is 0 Å². The molecule has 6 heteroatoms. The van der Waals surface area contributed by atoms with Crippen molar-refractivity contribution >= 4 is 5.65 Å². The van der Waals surface area contributed by atoms with Gasteiger partial charge in [-0.3, -0.25) is 0 Å². The molecule has 108 valence electrons. The molecular weight excluding hydrogens is 252 g/mol. The lowest BCUT2D eigenvalue weighted by Gasteiger charge is -2.31. The van der Waals surface area contributed by atoms with Crippen LogP contribution in [0.2, 0.25) is 0 Å². The lowest BCUT2D eigenvalue weighted by molar-refractivity contribution is 0.155. The van der Waals surface area contributed by atoms with Crippen LogP contribution in [0.3, 0.4) is 0 Å². The van der Waals surface area contributed by atoms with E-state index in [2.05, 4.69) is 26.9 Å². The van der Waals surface area contributed by atoms with Gasteiger partial charge in [-0.05, 0) is 24.7 Å². The first kappa shape index (κ1) is 13.5. The quantitative estimate of drug-likeness (QED) is 0.849. The Morgan fingerprint density at radius 2 is 2.05 bits per heavy atom. The SMILES string of the molecule is CN1CCN(CCc2nc3cc(CN)ccn3n2)CC1. The van der Waals surface area contributed by atoms with Crippen LogP contribution >= 0.6 is 0 Å². The van der Waals surface area contributed by atoms with Crippen molar-refractivity contribution < 1.29 is 0 Å². The fourth-order valence-corrected chi connectivity index (χ4v) is 2.53. The third-order valence-corrected chi connectivity index (χ3v) is 3.93. The van der Waals surface area contributed by atoms with Gasteiger partial charge in [0.2, 0.25) is 0 Å². The molecule has 2 N–H and O–H groups in total. The highest BCUT2D eigenvalue weighted by molar-refractivity contribution is 5.40. The zero-order valence-electron chi connectivity index (χ0n) is 12.0. The van der Waals surface area contributed by atoms with E-state index in [4.69, 9.17) is 5.73 Å². The second kappa shape index (κ2) is 5.87. The average Bonchev–Trinajstić information content (AvgIpc) is 2.88. The highest BCUT2D eigenvalue weighted by atomic mass is 15.3. The number of piperazine rings is 1. The number of fused-ring (bicyclic) bond motifs is 1. The largest absolute Gasteiger partial charge is 0.326 e. The zero-order chi connectivity index (χ0) is 13.9. The number of hydrogen-bond donors (Lipinski definition) is 1. The van der Waals surface area contributed by atoms with Crippen molar-refractivity contribution in [2.45, 2.75) is 13.0 Å². The molecule has 2 aromatic rings. The van der Waals surface area contributed by atoms with Gasteiger partial charge in [0, 0.05) is 51.9 Å². The van der Waals surface area contributed by atoms with E-state index in [-0.39, 0.29) is 0 Å². The predicted molar refractivity (Wildman–Crippen MR) is 78.5 cm³/mol. The number of rotatable bonds is 4. The molecule has 6 nitrogen and oxygen atoms in total. The second-order valence-corrected chi connectivity index (χ2v) is 5.46. The summed E-state index contributed by atoms with van der Waals surface area (Å²) in [5.74, 6) is 0.915. The Balaban J connectivity index is 1.62. The van der Waals surface area contributed by atoms with Crippen LogP contribution in [0.5, 0.6) is 0 Å². The van der Waals surface area contributed by atoms with Gasteiger partial charge in [-0.15, -0.1) is 0 Å². The van der Waals surface area contributed by atoms with Gasteiger partial charge in [-0.1, -0.05) is 0 Å². The maximum atomic E-state index is 5.65. The molecule has 0 bridgehead atoms. The lowest BCUT2D eigenvalue weighted by Crippen LogP contribution is -2.45. The van der Waals surface area contributed by atoms with E-state index < -0.39 is 0 Å². The van der Waals surface area contributed by atoms with Gasteiger partial charge in [0.15, 0.2) is 11.5 Å². The minimum absolute atomic E-state index is 0.542. The molecule has 1 saturated heterocycles. The van der Waals surface area contributed by atoms with Gasteiger partial charge in [0.25, 0.3) is 0 Å². The maximum absolute atomic E-state index is 5.65. The van der Waals surface area contributed by atoms with E-state index >= 15 is 0 Å². The van der Waals surface area contributed by atoms with Crippen LogP contribution in [-0.4, -0.2) is 64.2 Å². The molecule has 0 radical (unpaired) electrons. The Morgan fingerprint density at radius 1 is 1.25 bits per heavy atom. The van der Waals surface area contributed by atoms with Crippen molar-refractivity contribution in [1.29, 1.82) is 0 Å².